The molecule has 1 aliphatic rings. The molecule has 0 radical (unpaired) electrons. The topological polar surface area (TPSA) is 84.3 Å². The molecule has 1 aromatic heterocycles. The summed E-state index contributed by atoms with van der Waals surface area (Å²) in [7, 11) is 0. The number of aliphatic hydroxyl groups excluding tert-OH is 1. The van der Waals surface area contributed by atoms with Gasteiger partial charge in [-0.25, -0.2) is 4.79 Å². The highest BCUT2D eigenvalue weighted by Crippen LogP contribution is 2.21. The lowest BCUT2D eigenvalue weighted by Crippen LogP contribution is -2.31. The van der Waals surface area contributed by atoms with E-state index >= 15 is 0 Å². The van der Waals surface area contributed by atoms with Gasteiger partial charge in [-0.2, -0.15) is 0 Å². The summed E-state index contributed by atoms with van der Waals surface area (Å²) in [5, 5.41) is 8.87. The Labute approximate surface area is 85.1 Å². The fourth-order valence-electron chi connectivity index (χ4n) is 1.72. The first-order chi connectivity index (χ1) is 7.20. The molecule has 2 atom stereocenters. The van der Waals surface area contributed by atoms with Gasteiger partial charge < -0.3 is 9.84 Å². The first-order valence-corrected chi connectivity index (χ1v) is 4.74. The Morgan fingerprint density at radius 3 is 3.00 bits per heavy atom. The van der Waals surface area contributed by atoms with Crippen LogP contribution in [-0.4, -0.2) is 34.0 Å². The van der Waals surface area contributed by atoms with Crippen molar-refractivity contribution in [2.75, 3.05) is 13.2 Å². The molecular weight excluding hydrogens is 200 g/mol. The summed E-state index contributed by atoms with van der Waals surface area (Å²) in [6.07, 6.45) is 1.83. The van der Waals surface area contributed by atoms with Crippen molar-refractivity contribution in [1.29, 1.82) is 0 Å². The second kappa shape index (κ2) is 4.00. The van der Waals surface area contributed by atoms with Crippen molar-refractivity contribution in [3.05, 3.63) is 33.1 Å². The fraction of sp³-hybridized carbons (Fsp3) is 0.556. The van der Waals surface area contributed by atoms with Gasteiger partial charge in [0, 0.05) is 12.3 Å². The molecule has 1 saturated heterocycles. The lowest BCUT2D eigenvalue weighted by molar-refractivity contribution is 0.0574. The average Bonchev–Trinajstić information content (AvgIpc) is 2.66. The van der Waals surface area contributed by atoms with Crippen LogP contribution in [0, 0.1) is 0 Å². The van der Waals surface area contributed by atoms with E-state index in [1.807, 2.05) is 0 Å². The van der Waals surface area contributed by atoms with E-state index in [0.717, 1.165) is 0 Å². The molecule has 15 heavy (non-hydrogen) atoms. The number of aromatic amines is 1. The van der Waals surface area contributed by atoms with Gasteiger partial charge in [0.25, 0.3) is 5.56 Å². The third kappa shape index (κ3) is 2.00. The number of H-pyrrole nitrogens is 1. The van der Waals surface area contributed by atoms with Gasteiger partial charge >= 0.3 is 5.69 Å². The lowest BCUT2D eigenvalue weighted by atomic mass is 10.2. The van der Waals surface area contributed by atoms with E-state index in [1.54, 1.807) is 0 Å². The minimum atomic E-state index is -0.435. The van der Waals surface area contributed by atoms with Crippen LogP contribution in [0.15, 0.2) is 21.9 Å². The highest BCUT2D eigenvalue weighted by molar-refractivity contribution is 4.88. The number of hydrogen-bond donors (Lipinski definition) is 2. The average molecular weight is 212 g/mol. The van der Waals surface area contributed by atoms with Crippen molar-refractivity contribution in [1.82, 2.24) is 9.55 Å². The molecule has 82 valence electrons. The molecule has 1 fully saturated rings. The zero-order valence-corrected chi connectivity index (χ0v) is 8.05. The summed E-state index contributed by atoms with van der Waals surface area (Å²) < 4.78 is 6.68. The number of ether oxygens (including phenoxy) is 1. The molecule has 0 bridgehead atoms. The predicted octanol–water partition coefficient (Wildman–Crippen LogP) is -1.14. The van der Waals surface area contributed by atoms with Crippen LogP contribution in [0.1, 0.15) is 12.5 Å². The van der Waals surface area contributed by atoms with Crippen molar-refractivity contribution < 1.29 is 9.84 Å². The highest BCUT2D eigenvalue weighted by Gasteiger charge is 2.26. The van der Waals surface area contributed by atoms with Crippen LogP contribution in [0.5, 0.6) is 0 Å². The molecule has 1 aliphatic heterocycles. The van der Waals surface area contributed by atoms with Crippen molar-refractivity contribution in [2.45, 2.75) is 18.6 Å². The maximum absolute atomic E-state index is 11.4. The minimum absolute atomic E-state index is 0.0470. The Hall–Kier alpha value is -1.40. The van der Waals surface area contributed by atoms with Crippen LogP contribution < -0.4 is 11.2 Å². The number of nitrogens with one attached hydrogen (secondary N) is 1. The minimum Gasteiger partial charge on any atom is -0.394 e. The van der Waals surface area contributed by atoms with Gasteiger partial charge in [-0.3, -0.25) is 14.3 Å². The van der Waals surface area contributed by atoms with E-state index in [0.29, 0.717) is 13.0 Å². The summed E-state index contributed by atoms with van der Waals surface area (Å²) in [4.78, 5) is 24.4. The molecule has 6 nitrogen and oxygen atoms in total. The van der Waals surface area contributed by atoms with Crippen LogP contribution in [-0.2, 0) is 4.74 Å². The number of rotatable bonds is 2. The van der Waals surface area contributed by atoms with Gasteiger partial charge in [-0.1, -0.05) is 0 Å². The van der Waals surface area contributed by atoms with E-state index in [-0.39, 0.29) is 18.8 Å². The van der Waals surface area contributed by atoms with Gasteiger partial charge in [-0.15, -0.1) is 0 Å². The summed E-state index contributed by atoms with van der Waals surface area (Å²) in [6.45, 7) is 0.339. The van der Waals surface area contributed by atoms with Crippen LogP contribution in [0.25, 0.3) is 0 Å². The largest absolute Gasteiger partial charge is 0.394 e. The van der Waals surface area contributed by atoms with Gasteiger partial charge in [0.2, 0.25) is 0 Å². The van der Waals surface area contributed by atoms with Gasteiger partial charge in [0.05, 0.1) is 25.4 Å². The maximum Gasteiger partial charge on any atom is 0.328 e. The van der Waals surface area contributed by atoms with Crippen LogP contribution in [0.3, 0.4) is 0 Å². The van der Waals surface area contributed by atoms with Crippen molar-refractivity contribution in [3.8, 4) is 0 Å². The molecule has 1 aromatic rings. The zero-order chi connectivity index (χ0) is 10.8. The molecule has 2 heterocycles. The number of aliphatic hydroxyl groups is 1. The molecule has 0 aromatic carbocycles. The van der Waals surface area contributed by atoms with E-state index in [2.05, 4.69) is 4.98 Å². The Kier molecular flexibility index (Phi) is 2.70. The normalized spacial score (nSPS) is 25.7. The summed E-state index contributed by atoms with van der Waals surface area (Å²) >= 11 is 0. The summed E-state index contributed by atoms with van der Waals surface area (Å²) in [5.41, 5.74) is -0.844. The van der Waals surface area contributed by atoms with E-state index in [4.69, 9.17) is 9.84 Å². The fourth-order valence-corrected chi connectivity index (χ4v) is 1.72. The predicted molar refractivity (Wildman–Crippen MR) is 51.8 cm³/mol. The molecule has 0 unspecified atom stereocenters. The van der Waals surface area contributed by atoms with Crippen LogP contribution in [0.2, 0.25) is 0 Å². The van der Waals surface area contributed by atoms with Crippen molar-refractivity contribution >= 4 is 0 Å². The second-order valence-electron chi connectivity index (χ2n) is 3.54. The molecule has 0 spiro atoms. The van der Waals surface area contributed by atoms with Crippen molar-refractivity contribution in [2.24, 2.45) is 0 Å². The van der Waals surface area contributed by atoms with Gasteiger partial charge in [0.15, 0.2) is 0 Å². The smallest absolute Gasteiger partial charge is 0.328 e. The second-order valence-corrected chi connectivity index (χ2v) is 3.54. The Morgan fingerprint density at radius 2 is 2.40 bits per heavy atom. The number of hydrogen-bond acceptors (Lipinski definition) is 4. The molecule has 0 saturated carbocycles. The number of aromatic nitrogens is 2. The maximum atomic E-state index is 11.4. The molecule has 0 aliphatic carbocycles. The van der Waals surface area contributed by atoms with E-state index < -0.39 is 11.2 Å². The molecule has 2 N–H and O–H groups in total. The third-order valence-electron chi connectivity index (χ3n) is 2.51. The Morgan fingerprint density at radius 1 is 1.60 bits per heavy atom. The van der Waals surface area contributed by atoms with E-state index in [1.165, 1.54) is 16.8 Å². The highest BCUT2D eigenvalue weighted by atomic mass is 16.5. The summed E-state index contributed by atoms with van der Waals surface area (Å²) in [6, 6.07) is 1.19. The van der Waals surface area contributed by atoms with Crippen LogP contribution in [0.4, 0.5) is 0 Å². The van der Waals surface area contributed by atoms with Gasteiger partial charge in [-0.05, 0) is 6.42 Å². The first kappa shape index (κ1) is 10.1. The standard InChI is InChI=1S/C9H12N2O4/c12-4-7-3-6(5-15-7)11-2-1-8(13)10-9(11)14/h1-2,6-7,12H,3-5H2,(H,10,13,14)/t6-,7-/m0/s1. The quantitative estimate of drug-likeness (QED) is 0.649. The van der Waals surface area contributed by atoms with Crippen LogP contribution >= 0.6 is 0 Å². The third-order valence-corrected chi connectivity index (χ3v) is 2.51. The first-order valence-electron chi connectivity index (χ1n) is 4.74. The molecular formula is C9H12N2O4. The zero-order valence-electron chi connectivity index (χ0n) is 8.05. The van der Waals surface area contributed by atoms with Crippen molar-refractivity contribution in [3.63, 3.8) is 0 Å². The summed E-state index contributed by atoms with van der Waals surface area (Å²) in [5.74, 6) is 0. The van der Waals surface area contributed by atoms with Gasteiger partial charge in [0.1, 0.15) is 0 Å². The lowest BCUT2D eigenvalue weighted by Gasteiger charge is -2.10. The monoisotopic (exact) mass is 212 g/mol. The Bertz CT molecular complexity index is 450. The SMILES string of the molecule is O=c1ccn([C@@H]2CO[C@H](CO)C2)c(=O)[nH]1. The van der Waals surface area contributed by atoms with E-state index in [9.17, 15) is 9.59 Å². The molecule has 0 amide bonds. The molecule has 6 heteroatoms. The molecule has 2 rings (SSSR count). The number of nitrogens with zero attached hydrogens (tertiary/aromatic N) is 1. The Balaban J connectivity index is 2.24.